The summed E-state index contributed by atoms with van der Waals surface area (Å²) >= 11 is 0.190. The zero-order valence-electron chi connectivity index (χ0n) is 11.0. The molecule has 0 radical (unpaired) electrons. The molecule has 5 rings (SSSR count). The molecule has 19 heavy (non-hydrogen) atoms. The van der Waals surface area contributed by atoms with Crippen LogP contribution < -0.4 is 37.2 Å². The largest absolute Gasteiger partial charge is 1.00 e. The average Bonchev–Trinajstić information content (AvgIpc) is 2.66. The quantitative estimate of drug-likeness (QED) is 0.438. The van der Waals surface area contributed by atoms with E-state index in [0.29, 0.717) is 0 Å². The summed E-state index contributed by atoms with van der Waals surface area (Å²) in [6, 6.07) is 0. The van der Waals surface area contributed by atoms with Crippen molar-refractivity contribution in [3.8, 4) is 0 Å². The van der Waals surface area contributed by atoms with E-state index in [1.165, 1.54) is 6.42 Å². The molecular weight excluding hydrogens is 334 g/mol. The van der Waals surface area contributed by atoms with Gasteiger partial charge in [-0.2, -0.15) is 0 Å². The van der Waals surface area contributed by atoms with Gasteiger partial charge in [-0.05, 0) is 0 Å². The first kappa shape index (κ1) is 18.1. The van der Waals surface area contributed by atoms with E-state index in [-0.39, 0.29) is 56.4 Å². The van der Waals surface area contributed by atoms with Gasteiger partial charge < -0.3 is 37.2 Å². The summed E-state index contributed by atoms with van der Waals surface area (Å²) in [6.07, 6.45) is 18.1. The minimum atomic E-state index is 0. The topological polar surface area (TPSA) is 0 Å². The Labute approximate surface area is 144 Å². The molecule has 4 heteroatoms. The van der Waals surface area contributed by atoms with E-state index in [0.717, 1.165) is 21.5 Å². The van der Waals surface area contributed by atoms with Gasteiger partial charge in [0.25, 0.3) is 0 Å². The molecule has 4 saturated carbocycles. The molecule has 0 saturated heterocycles. The SMILES string of the molecule is C1=CC[C]([Ti+3][C]23CC4CC(CC(C4)C2)C3)=C1.[Cl-].[Cl-].[Cl-]. The minimum Gasteiger partial charge on any atom is -1.00 e. The fraction of sp³-hybridized carbons (Fsp3) is 0.733. The van der Waals surface area contributed by atoms with Crippen molar-refractivity contribution in [1.82, 2.24) is 0 Å². The summed E-state index contributed by atoms with van der Waals surface area (Å²) in [4.78, 5) is 0. The van der Waals surface area contributed by atoms with Crippen LogP contribution in [0.3, 0.4) is 0 Å². The van der Waals surface area contributed by atoms with Gasteiger partial charge in [-0.1, -0.05) is 0 Å². The van der Waals surface area contributed by atoms with Gasteiger partial charge in [0.2, 0.25) is 0 Å². The molecule has 4 fully saturated rings. The zero-order chi connectivity index (χ0) is 10.6. The zero-order valence-corrected chi connectivity index (χ0v) is 14.9. The second-order valence-corrected chi connectivity index (χ2v) is 9.70. The van der Waals surface area contributed by atoms with Gasteiger partial charge in [0, 0.05) is 0 Å². The van der Waals surface area contributed by atoms with E-state index >= 15 is 0 Å². The molecule has 0 N–H and O–H groups in total. The fourth-order valence-corrected chi connectivity index (χ4v) is 8.66. The molecule has 0 aliphatic heterocycles. The summed E-state index contributed by atoms with van der Waals surface area (Å²) in [6.45, 7) is 0. The first-order valence-electron chi connectivity index (χ1n) is 6.95. The van der Waals surface area contributed by atoms with Crippen LogP contribution in [0.1, 0.15) is 44.9 Å². The van der Waals surface area contributed by atoms with Crippen LogP contribution in [0.5, 0.6) is 0 Å². The maximum absolute atomic E-state index is 2.44. The van der Waals surface area contributed by atoms with E-state index < -0.39 is 0 Å². The normalized spacial score (nSPS) is 40.6. The minimum absolute atomic E-state index is 0. The molecule has 0 aromatic heterocycles. The second-order valence-electron chi connectivity index (χ2n) is 6.65. The second kappa shape index (κ2) is 6.88. The Bertz CT molecular complexity index is 340. The third-order valence-corrected chi connectivity index (χ3v) is 8.10. The van der Waals surface area contributed by atoms with E-state index in [1.54, 1.807) is 38.5 Å². The number of allylic oxidation sites excluding steroid dienone is 4. The summed E-state index contributed by atoms with van der Waals surface area (Å²) in [5.74, 6) is 3.43. The van der Waals surface area contributed by atoms with Gasteiger partial charge in [-0.25, -0.2) is 0 Å². The third-order valence-electron chi connectivity index (χ3n) is 5.24. The molecule has 4 bridgehead atoms. The van der Waals surface area contributed by atoms with E-state index in [4.69, 9.17) is 0 Å². The van der Waals surface area contributed by atoms with Crippen molar-refractivity contribution in [3.63, 3.8) is 0 Å². The Kier molecular flexibility index (Phi) is 6.56. The summed E-state index contributed by atoms with van der Waals surface area (Å²) in [5, 5.41) is 0. The number of halogens is 3. The van der Waals surface area contributed by atoms with Gasteiger partial charge in [0.05, 0.1) is 0 Å². The molecule has 0 heterocycles. The summed E-state index contributed by atoms with van der Waals surface area (Å²) in [7, 11) is 0. The Morgan fingerprint density at radius 1 is 0.895 bits per heavy atom. The van der Waals surface area contributed by atoms with Crippen molar-refractivity contribution in [2.45, 2.75) is 48.7 Å². The number of hydrogen-bond donors (Lipinski definition) is 0. The smallest absolute Gasteiger partial charge is 1.00 e. The van der Waals surface area contributed by atoms with Gasteiger partial charge in [-0.15, -0.1) is 0 Å². The number of rotatable bonds is 2. The van der Waals surface area contributed by atoms with Crippen LogP contribution >= 0.6 is 0 Å². The van der Waals surface area contributed by atoms with Gasteiger partial charge in [0.1, 0.15) is 0 Å². The van der Waals surface area contributed by atoms with Crippen LogP contribution in [-0.2, 0) is 19.2 Å². The first-order valence-corrected chi connectivity index (χ1v) is 8.51. The third kappa shape index (κ3) is 3.46. The van der Waals surface area contributed by atoms with Crippen LogP contribution in [0.2, 0.25) is 3.72 Å². The van der Waals surface area contributed by atoms with Crippen molar-refractivity contribution < 1.29 is 56.4 Å². The van der Waals surface area contributed by atoms with Crippen LogP contribution in [0, 0.1) is 17.8 Å². The molecule has 5 aliphatic rings. The van der Waals surface area contributed by atoms with Crippen molar-refractivity contribution in [1.29, 1.82) is 0 Å². The molecule has 0 amide bonds. The van der Waals surface area contributed by atoms with E-state index in [9.17, 15) is 0 Å². The van der Waals surface area contributed by atoms with Crippen LogP contribution in [0.25, 0.3) is 0 Å². The molecule has 0 atom stereocenters. The predicted octanol–water partition coefficient (Wildman–Crippen LogP) is -4.69. The van der Waals surface area contributed by atoms with Gasteiger partial charge in [-0.3, -0.25) is 0 Å². The Morgan fingerprint density at radius 2 is 1.42 bits per heavy atom. The van der Waals surface area contributed by atoms with Gasteiger partial charge >= 0.3 is 108 Å². The van der Waals surface area contributed by atoms with E-state index in [2.05, 4.69) is 18.2 Å². The Morgan fingerprint density at radius 3 is 1.84 bits per heavy atom. The molecule has 0 nitrogen and oxygen atoms in total. The molecule has 0 spiro atoms. The predicted molar refractivity (Wildman–Crippen MR) is 62.7 cm³/mol. The van der Waals surface area contributed by atoms with Crippen molar-refractivity contribution in [2.75, 3.05) is 0 Å². The summed E-state index contributed by atoms with van der Waals surface area (Å²) < 4.78 is 2.73. The monoisotopic (exact) mass is 353 g/mol. The Hall–Kier alpha value is 1.06. The standard InChI is InChI=1S/C10H15.C5H5.3ClH.Ti/c1-7-2-9-4-8(1)5-10(3-7)6-9;1-2-4-5-3-1;;;;/h7-9H,1-6H2;1-3H,4H2;3*1H;/q;;;;;+3/p-3. The van der Waals surface area contributed by atoms with Crippen molar-refractivity contribution in [3.05, 3.63) is 22.1 Å². The number of hydrogen-bond acceptors (Lipinski definition) is 0. The first-order chi connectivity index (χ1) is 7.81. The van der Waals surface area contributed by atoms with Crippen molar-refractivity contribution >= 4 is 0 Å². The van der Waals surface area contributed by atoms with Crippen molar-refractivity contribution in [2.24, 2.45) is 17.8 Å². The molecule has 0 unspecified atom stereocenters. The maximum Gasteiger partial charge on any atom is -1.00 e. The summed E-state index contributed by atoms with van der Waals surface area (Å²) in [5.41, 5.74) is 0. The van der Waals surface area contributed by atoms with Gasteiger partial charge in [0.15, 0.2) is 0 Å². The van der Waals surface area contributed by atoms with Crippen LogP contribution in [-0.4, -0.2) is 0 Å². The molecule has 0 aromatic rings. The molecule has 0 aromatic carbocycles. The maximum atomic E-state index is 2.44. The molecule has 5 aliphatic carbocycles. The molecule has 105 valence electrons. The fourth-order valence-electron chi connectivity index (χ4n) is 5.14. The van der Waals surface area contributed by atoms with E-state index in [1.807, 2.05) is 3.88 Å². The van der Waals surface area contributed by atoms with Crippen LogP contribution in [0.4, 0.5) is 0 Å². The molecular formula is C15H20Cl3Ti. The average molecular weight is 355 g/mol. The Balaban J connectivity index is 0.000000602. The van der Waals surface area contributed by atoms with Crippen LogP contribution in [0.15, 0.2) is 22.1 Å².